The second-order valence-electron chi connectivity index (χ2n) is 4.76. The van der Waals surface area contributed by atoms with Crippen LogP contribution in [0.5, 0.6) is 0 Å². The lowest BCUT2D eigenvalue weighted by atomic mass is 9.95. The van der Waals surface area contributed by atoms with Gasteiger partial charge in [0.05, 0.1) is 18.9 Å². The minimum absolute atomic E-state index is 0.244. The van der Waals surface area contributed by atoms with Crippen LogP contribution in [0.1, 0.15) is 37.8 Å². The van der Waals surface area contributed by atoms with E-state index in [0.717, 1.165) is 41.4 Å². The Balaban J connectivity index is 2.27. The van der Waals surface area contributed by atoms with Crippen LogP contribution in [0.4, 0.5) is 0 Å². The summed E-state index contributed by atoms with van der Waals surface area (Å²) in [5, 5.41) is 3.62. The van der Waals surface area contributed by atoms with Crippen LogP contribution in [-0.4, -0.2) is 13.2 Å². The molecule has 1 aliphatic rings. The third-order valence-electron chi connectivity index (χ3n) is 3.15. The summed E-state index contributed by atoms with van der Waals surface area (Å²) < 4.78 is 7.69. The van der Waals surface area contributed by atoms with E-state index in [1.807, 2.05) is 6.26 Å². The highest BCUT2D eigenvalue weighted by molar-refractivity contribution is 9.11. The molecule has 0 saturated carbocycles. The summed E-state index contributed by atoms with van der Waals surface area (Å²) in [5.74, 6) is 0. The Hall–Kier alpha value is -0.320. The summed E-state index contributed by atoms with van der Waals surface area (Å²) in [5.41, 5.74) is 2.61. The van der Waals surface area contributed by atoms with Crippen molar-refractivity contribution in [3.63, 3.8) is 0 Å². The first kappa shape index (κ1) is 15.1. The van der Waals surface area contributed by atoms with E-state index in [0.29, 0.717) is 0 Å². The van der Waals surface area contributed by atoms with Crippen LogP contribution >= 0.6 is 31.9 Å². The van der Waals surface area contributed by atoms with Crippen LogP contribution in [0, 0.1) is 0 Å². The molecule has 0 fully saturated rings. The van der Waals surface area contributed by atoms with E-state index in [9.17, 15) is 0 Å². The number of halogens is 2. The number of hydrogen-bond donors (Lipinski definition) is 1. The van der Waals surface area contributed by atoms with Crippen LogP contribution in [-0.2, 0) is 4.74 Å². The fraction of sp³-hybridized carbons (Fsp3) is 0.467. The topological polar surface area (TPSA) is 21.3 Å². The van der Waals surface area contributed by atoms with E-state index in [4.69, 9.17) is 4.74 Å². The fourth-order valence-corrected chi connectivity index (χ4v) is 3.62. The van der Waals surface area contributed by atoms with E-state index >= 15 is 0 Å². The summed E-state index contributed by atoms with van der Waals surface area (Å²) in [6.07, 6.45) is 5.27. The zero-order valence-corrected chi connectivity index (χ0v) is 14.3. The molecule has 2 nitrogen and oxygen atoms in total. The van der Waals surface area contributed by atoms with E-state index in [1.54, 1.807) is 0 Å². The van der Waals surface area contributed by atoms with Gasteiger partial charge in [0.25, 0.3) is 0 Å². The van der Waals surface area contributed by atoms with Crippen molar-refractivity contribution in [1.29, 1.82) is 0 Å². The van der Waals surface area contributed by atoms with Gasteiger partial charge in [-0.15, -0.1) is 0 Å². The summed E-state index contributed by atoms with van der Waals surface area (Å²) in [7, 11) is 0. The molecule has 0 bridgehead atoms. The largest absolute Gasteiger partial charge is 0.501 e. The van der Waals surface area contributed by atoms with Crippen molar-refractivity contribution in [3.05, 3.63) is 44.5 Å². The minimum atomic E-state index is 0.244. The molecule has 0 saturated heterocycles. The van der Waals surface area contributed by atoms with E-state index in [2.05, 4.69) is 62.3 Å². The lowest BCUT2D eigenvalue weighted by Crippen LogP contribution is -2.25. The summed E-state index contributed by atoms with van der Waals surface area (Å²) in [4.78, 5) is 0. The van der Waals surface area contributed by atoms with Gasteiger partial charge in [0.2, 0.25) is 0 Å². The average Bonchev–Trinajstić information content (AvgIpc) is 2.39. The van der Waals surface area contributed by atoms with Crippen molar-refractivity contribution in [2.45, 2.75) is 32.2 Å². The highest BCUT2D eigenvalue weighted by Gasteiger charge is 2.19. The average molecular weight is 389 g/mol. The molecular weight excluding hydrogens is 370 g/mol. The molecule has 1 atom stereocenters. The lowest BCUT2D eigenvalue weighted by molar-refractivity contribution is 0.219. The molecule has 4 heteroatoms. The van der Waals surface area contributed by atoms with Crippen molar-refractivity contribution in [2.24, 2.45) is 0 Å². The first-order chi connectivity index (χ1) is 9.20. The van der Waals surface area contributed by atoms with Crippen LogP contribution in [0.15, 0.2) is 39.0 Å². The van der Waals surface area contributed by atoms with Crippen LogP contribution in [0.3, 0.4) is 0 Å². The first-order valence-corrected chi connectivity index (χ1v) is 8.29. The van der Waals surface area contributed by atoms with Crippen molar-refractivity contribution in [3.8, 4) is 0 Å². The third kappa shape index (κ3) is 4.33. The highest BCUT2D eigenvalue weighted by Crippen LogP contribution is 2.31. The quantitative estimate of drug-likeness (QED) is 0.770. The standard InChI is InChI=1S/C15H19Br2NO/c1-2-5-18-15(11-4-3-6-19-10-11)12-7-13(16)9-14(17)8-12/h7-10,15,18H,2-6H2,1H3. The molecule has 1 unspecified atom stereocenters. The molecule has 1 heterocycles. The summed E-state index contributed by atoms with van der Waals surface area (Å²) in [6.45, 7) is 4.03. The smallest absolute Gasteiger partial charge is 0.0876 e. The molecule has 1 aromatic carbocycles. The number of rotatable bonds is 5. The summed E-state index contributed by atoms with van der Waals surface area (Å²) in [6, 6.07) is 6.65. The van der Waals surface area contributed by atoms with Gasteiger partial charge in [-0.2, -0.15) is 0 Å². The first-order valence-electron chi connectivity index (χ1n) is 6.70. The van der Waals surface area contributed by atoms with Crippen molar-refractivity contribution >= 4 is 31.9 Å². The van der Waals surface area contributed by atoms with Gasteiger partial charge in [-0.3, -0.25) is 0 Å². The molecule has 0 aromatic heterocycles. The normalized spacial score (nSPS) is 16.7. The second-order valence-corrected chi connectivity index (χ2v) is 6.59. The molecule has 1 aromatic rings. The zero-order chi connectivity index (χ0) is 13.7. The molecule has 1 N–H and O–H groups in total. The van der Waals surface area contributed by atoms with Gasteiger partial charge in [0, 0.05) is 8.95 Å². The van der Waals surface area contributed by atoms with E-state index in [1.165, 1.54) is 11.1 Å². The van der Waals surface area contributed by atoms with Crippen LogP contribution < -0.4 is 5.32 Å². The van der Waals surface area contributed by atoms with Crippen LogP contribution in [0.25, 0.3) is 0 Å². The van der Waals surface area contributed by atoms with Crippen molar-refractivity contribution in [2.75, 3.05) is 13.2 Å². The lowest BCUT2D eigenvalue weighted by Gasteiger charge is -2.25. The number of ether oxygens (including phenoxy) is 1. The molecule has 0 amide bonds. The Morgan fingerprint density at radius 3 is 2.58 bits per heavy atom. The molecule has 0 spiro atoms. The second kappa shape index (κ2) is 7.46. The predicted molar refractivity (Wildman–Crippen MR) is 86.1 cm³/mol. The van der Waals surface area contributed by atoms with Crippen LogP contribution in [0.2, 0.25) is 0 Å². The van der Waals surface area contributed by atoms with Gasteiger partial charge in [0.1, 0.15) is 0 Å². The van der Waals surface area contributed by atoms with Crippen molar-refractivity contribution < 1.29 is 4.74 Å². The predicted octanol–water partition coefficient (Wildman–Crippen LogP) is 4.95. The Kier molecular flexibility index (Phi) is 5.92. The molecule has 104 valence electrons. The van der Waals surface area contributed by atoms with Gasteiger partial charge in [-0.1, -0.05) is 38.8 Å². The molecule has 2 rings (SSSR count). The highest BCUT2D eigenvalue weighted by atomic mass is 79.9. The Morgan fingerprint density at radius 1 is 1.26 bits per heavy atom. The molecule has 1 aliphatic heterocycles. The monoisotopic (exact) mass is 387 g/mol. The number of hydrogen-bond acceptors (Lipinski definition) is 2. The van der Waals surface area contributed by atoms with Crippen molar-refractivity contribution in [1.82, 2.24) is 5.32 Å². The maximum atomic E-state index is 5.50. The maximum Gasteiger partial charge on any atom is 0.0876 e. The van der Waals surface area contributed by atoms with Gasteiger partial charge in [0.15, 0.2) is 0 Å². The molecular formula is C15H19Br2NO. The summed E-state index contributed by atoms with van der Waals surface area (Å²) >= 11 is 7.13. The molecule has 19 heavy (non-hydrogen) atoms. The molecule has 0 aliphatic carbocycles. The SMILES string of the molecule is CCCNC(C1=COCCC1)c1cc(Br)cc(Br)c1. The van der Waals surface area contributed by atoms with Gasteiger partial charge >= 0.3 is 0 Å². The Bertz CT molecular complexity index is 439. The molecule has 0 radical (unpaired) electrons. The minimum Gasteiger partial charge on any atom is -0.501 e. The number of nitrogens with one attached hydrogen (secondary N) is 1. The zero-order valence-electron chi connectivity index (χ0n) is 11.1. The number of benzene rings is 1. The Labute approximate surface area is 131 Å². The van der Waals surface area contributed by atoms with Gasteiger partial charge in [-0.25, -0.2) is 0 Å². The van der Waals surface area contributed by atoms with E-state index in [-0.39, 0.29) is 6.04 Å². The van der Waals surface area contributed by atoms with E-state index < -0.39 is 0 Å². The van der Waals surface area contributed by atoms with Gasteiger partial charge in [-0.05, 0) is 55.1 Å². The van der Waals surface area contributed by atoms with Gasteiger partial charge < -0.3 is 10.1 Å². The fourth-order valence-electron chi connectivity index (χ4n) is 2.29. The Morgan fingerprint density at radius 2 is 2.00 bits per heavy atom. The maximum absolute atomic E-state index is 5.50. The third-order valence-corrected chi connectivity index (χ3v) is 4.07.